The predicted octanol–water partition coefficient (Wildman–Crippen LogP) is 10.3. The maximum absolute atomic E-state index is 6.83. The first-order chi connectivity index (χ1) is 23.3. The SMILES string of the molecule is Cc1ccc(N2B3c4ccccc4N(c4c(-c5ccccc5)ccc5c4oc4ccccc45)c4cccc(c43)-c3ccccc32)cc1. The van der Waals surface area contributed by atoms with Crippen LogP contribution in [0, 0.1) is 6.92 Å². The summed E-state index contributed by atoms with van der Waals surface area (Å²) in [4.78, 5) is 5.01. The van der Waals surface area contributed by atoms with Crippen LogP contribution in [0.5, 0.6) is 0 Å². The Morgan fingerprint density at radius 2 is 1.21 bits per heavy atom. The molecule has 2 aliphatic heterocycles. The Morgan fingerprint density at radius 3 is 2.09 bits per heavy atom. The fourth-order valence-electron chi connectivity index (χ4n) is 7.88. The molecular weight excluding hydrogens is 571 g/mol. The molecule has 47 heavy (non-hydrogen) atoms. The van der Waals surface area contributed by atoms with Crippen LogP contribution in [0.15, 0.2) is 162 Å². The van der Waals surface area contributed by atoms with Crippen LogP contribution >= 0.6 is 0 Å². The monoisotopic (exact) mass is 600 g/mol. The molecule has 10 rings (SSSR count). The molecule has 4 heteroatoms. The molecule has 3 nitrogen and oxygen atoms in total. The Bertz CT molecular complexity index is 2500. The Balaban J connectivity index is 1.33. The molecule has 2 aliphatic rings. The number of fused-ring (bicyclic) bond motifs is 7. The molecule has 0 aliphatic carbocycles. The quantitative estimate of drug-likeness (QED) is 0.188. The van der Waals surface area contributed by atoms with Gasteiger partial charge in [-0.25, -0.2) is 0 Å². The maximum Gasteiger partial charge on any atom is 0.333 e. The Morgan fingerprint density at radius 1 is 0.511 bits per heavy atom. The first-order valence-corrected chi connectivity index (χ1v) is 16.2. The summed E-state index contributed by atoms with van der Waals surface area (Å²) >= 11 is 0. The van der Waals surface area contributed by atoms with Gasteiger partial charge in [0.05, 0.1) is 5.69 Å². The summed E-state index contributed by atoms with van der Waals surface area (Å²) in [6.07, 6.45) is 0. The molecule has 0 radical (unpaired) electrons. The van der Waals surface area contributed by atoms with Gasteiger partial charge < -0.3 is 14.1 Å². The van der Waals surface area contributed by atoms with Gasteiger partial charge in [-0.15, -0.1) is 0 Å². The lowest BCUT2D eigenvalue weighted by Crippen LogP contribution is -2.61. The number of rotatable bonds is 3. The minimum atomic E-state index is -0.0127. The highest BCUT2D eigenvalue weighted by Gasteiger charge is 2.45. The van der Waals surface area contributed by atoms with Crippen molar-refractivity contribution >= 4 is 68.1 Å². The van der Waals surface area contributed by atoms with E-state index in [1.165, 1.54) is 44.7 Å². The van der Waals surface area contributed by atoms with Crippen molar-refractivity contribution in [1.29, 1.82) is 0 Å². The summed E-state index contributed by atoms with van der Waals surface area (Å²) in [6.45, 7) is 2.14. The minimum absolute atomic E-state index is 0.0127. The number of furan rings is 1. The van der Waals surface area contributed by atoms with Gasteiger partial charge in [-0.1, -0.05) is 121 Å². The Labute approximate surface area is 274 Å². The van der Waals surface area contributed by atoms with Crippen LogP contribution in [0.4, 0.5) is 28.4 Å². The summed E-state index contributed by atoms with van der Waals surface area (Å²) in [5, 5.41) is 2.24. The van der Waals surface area contributed by atoms with Crippen LogP contribution in [-0.2, 0) is 0 Å². The van der Waals surface area contributed by atoms with Gasteiger partial charge in [0.2, 0.25) is 0 Å². The van der Waals surface area contributed by atoms with Crippen molar-refractivity contribution in [3.05, 3.63) is 163 Å². The van der Waals surface area contributed by atoms with Crippen molar-refractivity contribution in [2.45, 2.75) is 6.92 Å². The molecule has 1 aromatic heterocycles. The molecule has 0 unspecified atom stereocenters. The van der Waals surface area contributed by atoms with E-state index in [-0.39, 0.29) is 6.85 Å². The highest BCUT2D eigenvalue weighted by Crippen LogP contribution is 2.50. The number of para-hydroxylation sites is 3. The molecule has 0 bridgehead atoms. The molecule has 0 atom stereocenters. The zero-order chi connectivity index (χ0) is 31.1. The number of hydrogen-bond acceptors (Lipinski definition) is 3. The van der Waals surface area contributed by atoms with Crippen molar-refractivity contribution in [1.82, 2.24) is 0 Å². The van der Waals surface area contributed by atoms with E-state index in [0.717, 1.165) is 44.4 Å². The van der Waals surface area contributed by atoms with Gasteiger partial charge in [-0.2, -0.15) is 0 Å². The van der Waals surface area contributed by atoms with E-state index in [4.69, 9.17) is 4.42 Å². The standard InChI is InChI=1S/C43H29BN2O/c1-28-22-24-30(25-23-28)46-37-18-8-5-14-32(37)34-16-11-20-39-41(34)44(46)36-17-7-9-19-38(36)45(39)42-31(29-12-3-2-4-13-29)26-27-35-33-15-6-10-21-40(33)47-43(35)42/h2-27H,1H3. The molecule has 0 N–H and O–H groups in total. The molecule has 220 valence electrons. The lowest BCUT2D eigenvalue weighted by Gasteiger charge is -2.45. The largest absolute Gasteiger partial charge is 0.454 e. The summed E-state index contributed by atoms with van der Waals surface area (Å²) in [7, 11) is 0. The number of benzene rings is 7. The van der Waals surface area contributed by atoms with Crippen molar-refractivity contribution < 1.29 is 4.42 Å². The maximum atomic E-state index is 6.83. The third-order valence-electron chi connectivity index (χ3n) is 9.92. The summed E-state index contributed by atoms with van der Waals surface area (Å²) < 4.78 is 6.83. The first-order valence-electron chi connectivity index (χ1n) is 16.2. The number of anilines is 5. The smallest absolute Gasteiger partial charge is 0.333 e. The van der Waals surface area contributed by atoms with Gasteiger partial charge in [-0.05, 0) is 71.4 Å². The number of aryl methyl sites for hydroxylation is 1. The Kier molecular flexibility index (Phi) is 5.59. The lowest BCUT2D eigenvalue weighted by atomic mass is 9.43. The molecule has 0 saturated heterocycles. The summed E-state index contributed by atoms with van der Waals surface area (Å²) in [5.74, 6) is 0. The normalized spacial score (nSPS) is 13.1. The minimum Gasteiger partial charge on any atom is -0.454 e. The van der Waals surface area contributed by atoms with E-state index in [1.54, 1.807) is 0 Å². The third kappa shape index (κ3) is 3.76. The van der Waals surface area contributed by atoms with E-state index < -0.39 is 0 Å². The van der Waals surface area contributed by atoms with Gasteiger partial charge in [0.25, 0.3) is 0 Å². The number of nitrogens with zero attached hydrogens (tertiary/aromatic N) is 2. The van der Waals surface area contributed by atoms with Crippen LogP contribution in [0.25, 0.3) is 44.2 Å². The lowest BCUT2D eigenvalue weighted by molar-refractivity contribution is 0.669. The van der Waals surface area contributed by atoms with Crippen molar-refractivity contribution in [3.8, 4) is 22.3 Å². The van der Waals surface area contributed by atoms with Crippen molar-refractivity contribution in [2.24, 2.45) is 0 Å². The molecule has 0 spiro atoms. The van der Waals surface area contributed by atoms with E-state index in [0.29, 0.717) is 0 Å². The molecule has 0 saturated carbocycles. The van der Waals surface area contributed by atoms with Crippen LogP contribution < -0.4 is 20.6 Å². The van der Waals surface area contributed by atoms with E-state index in [1.807, 2.05) is 6.07 Å². The predicted molar refractivity (Wildman–Crippen MR) is 198 cm³/mol. The molecule has 3 heterocycles. The highest BCUT2D eigenvalue weighted by atomic mass is 16.3. The third-order valence-corrected chi connectivity index (χ3v) is 9.92. The zero-order valence-corrected chi connectivity index (χ0v) is 25.9. The van der Waals surface area contributed by atoms with Gasteiger partial charge in [0.1, 0.15) is 5.58 Å². The zero-order valence-electron chi connectivity index (χ0n) is 25.9. The van der Waals surface area contributed by atoms with Gasteiger partial charge in [0, 0.05) is 44.6 Å². The van der Waals surface area contributed by atoms with Crippen LogP contribution in [0.1, 0.15) is 5.56 Å². The highest BCUT2D eigenvalue weighted by molar-refractivity contribution is 6.93. The second-order valence-corrected chi connectivity index (χ2v) is 12.6. The number of hydrogen-bond donors (Lipinski definition) is 0. The molecule has 0 fully saturated rings. The Hall–Kier alpha value is -6.00. The topological polar surface area (TPSA) is 19.6 Å². The average Bonchev–Trinajstić information content (AvgIpc) is 3.51. The fourth-order valence-corrected chi connectivity index (χ4v) is 7.88. The first kappa shape index (κ1) is 26.2. The second kappa shape index (κ2) is 10.0. The van der Waals surface area contributed by atoms with Crippen LogP contribution in [0.2, 0.25) is 0 Å². The van der Waals surface area contributed by atoms with E-state index in [9.17, 15) is 0 Å². The summed E-state index contributed by atoms with van der Waals surface area (Å²) in [6, 6.07) is 57.1. The van der Waals surface area contributed by atoms with Crippen LogP contribution in [-0.4, -0.2) is 6.85 Å². The average molecular weight is 601 g/mol. The van der Waals surface area contributed by atoms with E-state index in [2.05, 4.69) is 168 Å². The van der Waals surface area contributed by atoms with Crippen LogP contribution in [0.3, 0.4) is 0 Å². The fraction of sp³-hybridized carbons (Fsp3) is 0.0233. The molecule has 0 amide bonds. The molecule has 7 aromatic carbocycles. The second-order valence-electron chi connectivity index (χ2n) is 12.6. The van der Waals surface area contributed by atoms with Gasteiger partial charge in [-0.3, -0.25) is 0 Å². The van der Waals surface area contributed by atoms with Crippen molar-refractivity contribution in [2.75, 3.05) is 9.71 Å². The molecular formula is C43H29BN2O. The van der Waals surface area contributed by atoms with Crippen molar-refractivity contribution in [3.63, 3.8) is 0 Å². The van der Waals surface area contributed by atoms with Gasteiger partial charge in [0.15, 0.2) is 5.58 Å². The van der Waals surface area contributed by atoms with Gasteiger partial charge >= 0.3 is 6.85 Å². The summed E-state index contributed by atoms with van der Waals surface area (Å²) in [5.41, 5.74) is 16.2. The molecule has 8 aromatic rings. The van der Waals surface area contributed by atoms with E-state index >= 15 is 0 Å².